The number of hydrogen-bond donors (Lipinski definition) is 1. The zero-order chi connectivity index (χ0) is 13.1. The summed E-state index contributed by atoms with van der Waals surface area (Å²) in [6.07, 6.45) is 0.271. The molecule has 2 aromatic carbocycles. The van der Waals surface area contributed by atoms with Gasteiger partial charge in [-0.05, 0) is 41.3 Å². The number of aryl methyl sites for hydroxylation is 1. The molecule has 0 fully saturated rings. The van der Waals surface area contributed by atoms with Gasteiger partial charge in [-0.15, -0.1) is 0 Å². The van der Waals surface area contributed by atoms with E-state index in [1.807, 2.05) is 49.4 Å². The van der Waals surface area contributed by atoms with Gasteiger partial charge >= 0.3 is 0 Å². The Morgan fingerprint density at radius 3 is 2.33 bits per heavy atom. The van der Waals surface area contributed by atoms with Gasteiger partial charge in [0.05, 0.1) is 6.42 Å². The molecular formula is C15H14ClNO. The Bertz CT molecular complexity index is 576. The molecule has 1 amide bonds. The zero-order valence-corrected chi connectivity index (χ0v) is 10.9. The number of carbonyl (C=O) groups excluding carboxylic acids is 1. The third-order valence-electron chi connectivity index (χ3n) is 2.89. The average Bonchev–Trinajstić information content (AvgIpc) is 2.32. The molecule has 0 unspecified atom stereocenters. The van der Waals surface area contributed by atoms with Crippen molar-refractivity contribution in [3.63, 3.8) is 0 Å². The first-order valence-electron chi connectivity index (χ1n) is 5.70. The van der Waals surface area contributed by atoms with Crippen molar-refractivity contribution >= 4 is 17.5 Å². The van der Waals surface area contributed by atoms with Gasteiger partial charge in [0.1, 0.15) is 0 Å². The Morgan fingerprint density at radius 1 is 1.11 bits per heavy atom. The van der Waals surface area contributed by atoms with E-state index in [-0.39, 0.29) is 12.3 Å². The lowest BCUT2D eigenvalue weighted by atomic mass is 9.98. The summed E-state index contributed by atoms with van der Waals surface area (Å²) in [4.78, 5) is 11.0. The standard InChI is InChI=1S/C15H14ClNO/c1-10-2-3-12(8-13(10)9-15(17)18)11-4-6-14(16)7-5-11/h2-8H,9H2,1H3,(H2,17,18). The second kappa shape index (κ2) is 5.23. The van der Waals surface area contributed by atoms with E-state index < -0.39 is 0 Å². The molecule has 2 aromatic rings. The molecule has 0 heterocycles. The third kappa shape index (κ3) is 2.90. The van der Waals surface area contributed by atoms with Gasteiger partial charge in [-0.3, -0.25) is 4.79 Å². The predicted octanol–water partition coefficient (Wildman–Crippen LogP) is 3.34. The lowest BCUT2D eigenvalue weighted by molar-refractivity contribution is -0.117. The summed E-state index contributed by atoms with van der Waals surface area (Å²) in [6, 6.07) is 13.7. The number of halogens is 1. The van der Waals surface area contributed by atoms with Crippen LogP contribution in [0.4, 0.5) is 0 Å². The van der Waals surface area contributed by atoms with Crippen LogP contribution in [0.25, 0.3) is 11.1 Å². The number of primary amides is 1. The number of hydrogen-bond acceptors (Lipinski definition) is 1. The molecule has 0 aliphatic carbocycles. The van der Waals surface area contributed by atoms with E-state index in [0.29, 0.717) is 5.02 Å². The molecule has 0 aromatic heterocycles. The first-order chi connectivity index (χ1) is 8.56. The number of rotatable bonds is 3. The molecule has 0 aliphatic rings. The van der Waals surface area contributed by atoms with Crippen LogP contribution in [-0.4, -0.2) is 5.91 Å². The zero-order valence-electron chi connectivity index (χ0n) is 10.1. The van der Waals surface area contributed by atoms with E-state index in [4.69, 9.17) is 17.3 Å². The molecule has 0 radical (unpaired) electrons. The third-order valence-corrected chi connectivity index (χ3v) is 3.14. The molecule has 0 saturated carbocycles. The van der Waals surface area contributed by atoms with Crippen molar-refractivity contribution in [1.29, 1.82) is 0 Å². The summed E-state index contributed by atoms with van der Waals surface area (Å²) in [7, 11) is 0. The lowest BCUT2D eigenvalue weighted by Gasteiger charge is -2.08. The van der Waals surface area contributed by atoms with Crippen LogP contribution in [0.2, 0.25) is 5.02 Å². The lowest BCUT2D eigenvalue weighted by Crippen LogP contribution is -2.14. The second-order valence-corrected chi connectivity index (χ2v) is 4.73. The smallest absolute Gasteiger partial charge is 0.221 e. The van der Waals surface area contributed by atoms with E-state index in [2.05, 4.69) is 0 Å². The molecule has 0 atom stereocenters. The molecule has 18 heavy (non-hydrogen) atoms. The quantitative estimate of drug-likeness (QED) is 0.903. The van der Waals surface area contributed by atoms with E-state index in [1.165, 1.54) is 0 Å². The minimum Gasteiger partial charge on any atom is -0.369 e. The van der Waals surface area contributed by atoms with Gasteiger partial charge in [-0.1, -0.05) is 41.9 Å². The topological polar surface area (TPSA) is 43.1 Å². The van der Waals surface area contributed by atoms with Crippen molar-refractivity contribution in [3.05, 3.63) is 58.6 Å². The van der Waals surface area contributed by atoms with Gasteiger partial charge in [0.15, 0.2) is 0 Å². The maximum absolute atomic E-state index is 11.0. The number of nitrogens with two attached hydrogens (primary N) is 1. The van der Waals surface area contributed by atoms with Crippen molar-refractivity contribution in [2.24, 2.45) is 5.73 Å². The summed E-state index contributed by atoms with van der Waals surface area (Å²) >= 11 is 5.86. The molecule has 92 valence electrons. The van der Waals surface area contributed by atoms with Crippen LogP contribution in [0.5, 0.6) is 0 Å². The van der Waals surface area contributed by atoms with Crippen LogP contribution >= 0.6 is 11.6 Å². The monoisotopic (exact) mass is 259 g/mol. The minimum atomic E-state index is -0.314. The number of benzene rings is 2. The molecule has 0 bridgehead atoms. The Morgan fingerprint density at radius 2 is 1.72 bits per heavy atom. The van der Waals surface area contributed by atoms with Crippen molar-refractivity contribution in [2.75, 3.05) is 0 Å². The molecule has 2 rings (SSSR count). The van der Waals surface area contributed by atoms with Crippen LogP contribution in [-0.2, 0) is 11.2 Å². The van der Waals surface area contributed by atoms with Crippen LogP contribution < -0.4 is 5.73 Å². The van der Waals surface area contributed by atoms with E-state index in [1.54, 1.807) is 0 Å². The Hall–Kier alpha value is -1.80. The van der Waals surface area contributed by atoms with Gasteiger partial charge < -0.3 is 5.73 Å². The van der Waals surface area contributed by atoms with Crippen LogP contribution in [0, 0.1) is 6.92 Å². The largest absolute Gasteiger partial charge is 0.369 e. The van der Waals surface area contributed by atoms with E-state index in [9.17, 15) is 4.79 Å². The molecule has 0 aliphatic heterocycles. The summed E-state index contributed by atoms with van der Waals surface area (Å²) in [6.45, 7) is 1.98. The highest BCUT2D eigenvalue weighted by molar-refractivity contribution is 6.30. The number of carbonyl (C=O) groups is 1. The molecule has 2 nitrogen and oxygen atoms in total. The minimum absolute atomic E-state index is 0.271. The van der Waals surface area contributed by atoms with Crippen molar-refractivity contribution in [2.45, 2.75) is 13.3 Å². The molecule has 0 spiro atoms. The summed E-state index contributed by atoms with van der Waals surface area (Å²) in [5, 5.41) is 0.711. The molecule has 0 saturated heterocycles. The fraction of sp³-hybridized carbons (Fsp3) is 0.133. The van der Waals surface area contributed by atoms with E-state index >= 15 is 0 Å². The van der Waals surface area contributed by atoms with Crippen LogP contribution in [0.3, 0.4) is 0 Å². The van der Waals surface area contributed by atoms with Gasteiger partial charge in [-0.2, -0.15) is 0 Å². The van der Waals surface area contributed by atoms with Crippen LogP contribution in [0.15, 0.2) is 42.5 Å². The highest BCUT2D eigenvalue weighted by Gasteiger charge is 2.05. The van der Waals surface area contributed by atoms with Crippen molar-refractivity contribution in [3.8, 4) is 11.1 Å². The summed E-state index contributed by atoms with van der Waals surface area (Å²) < 4.78 is 0. The first-order valence-corrected chi connectivity index (χ1v) is 6.08. The SMILES string of the molecule is Cc1ccc(-c2ccc(Cl)cc2)cc1CC(N)=O. The van der Waals surface area contributed by atoms with Gasteiger partial charge in [0, 0.05) is 5.02 Å². The number of amides is 1. The van der Waals surface area contributed by atoms with Crippen molar-refractivity contribution in [1.82, 2.24) is 0 Å². The van der Waals surface area contributed by atoms with Gasteiger partial charge in [-0.25, -0.2) is 0 Å². The molecular weight excluding hydrogens is 246 g/mol. The summed E-state index contributed by atoms with van der Waals surface area (Å²) in [5.74, 6) is -0.314. The summed E-state index contributed by atoms with van der Waals surface area (Å²) in [5.41, 5.74) is 9.43. The Labute approximate surface area is 111 Å². The highest BCUT2D eigenvalue weighted by Crippen LogP contribution is 2.24. The highest BCUT2D eigenvalue weighted by atomic mass is 35.5. The van der Waals surface area contributed by atoms with Gasteiger partial charge in [0.2, 0.25) is 5.91 Å². The molecule has 3 heteroatoms. The Kier molecular flexibility index (Phi) is 3.68. The Balaban J connectivity index is 2.40. The van der Waals surface area contributed by atoms with Crippen molar-refractivity contribution < 1.29 is 4.79 Å². The fourth-order valence-corrected chi connectivity index (χ4v) is 2.00. The van der Waals surface area contributed by atoms with E-state index in [0.717, 1.165) is 22.3 Å². The first kappa shape index (κ1) is 12.7. The maximum Gasteiger partial charge on any atom is 0.221 e. The van der Waals surface area contributed by atoms with Gasteiger partial charge in [0.25, 0.3) is 0 Å². The average molecular weight is 260 g/mol. The molecule has 2 N–H and O–H groups in total. The fourth-order valence-electron chi connectivity index (χ4n) is 1.87. The predicted molar refractivity (Wildman–Crippen MR) is 74.5 cm³/mol. The maximum atomic E-state index is 11.0. The second-order valence-electron chi connectivity index (χ2n) is 4.29. The normalized spacial score (nSPS) is 10.3. The van der Waals surface area contributed by atoms with Crippen LogP contribution in [0.1, 0.15) is 11.1 Å².